The highest BCUT2D eigenvalue weighted by Crippen LogP contribution is 2.12. The van der Waals surface area contributed by atoms with Gasteiger partial charge in [0.15, 0.2) is 0 Å². The maximum Gasteiger partial charge on any atom is 0.0811 e. The van der Waals surface area contributed by atoms with Gasteiger partial charge >= 0.3 is 0 Å². The molecule has 0 heterocycles. The molecule has 0 fully saturated rings. The normalized spacial score (nSPS) is 16.2. The lowest BCUT2D eigenvalue weighted by Gasteiger charge is -2.10. The van der Waals surface area contributed by atoms with Crippen molar-refractivity contribution >= 4 is 11.8 Å². The molecule has 1 N–H and O–H groups in total. The van der Waals surface area contributed by atoms with Gasteiger partial charge in [-0.25, -0.2) is 0 Å². The van der Waals surface area contributed by atoms with Crippen molar-refractivity contribution in [1.29, 1.82) is 5.26 Å². The SMILES string of the molecule is CC(O)C(C)SCC#N. The Morgan fingerprint density at radius 2 is 2.22 bits per heavy atom. The van der Waals surface area contributed by atoms with E-state index >= 15 is 0 Å². The molecule has 3 heteroatoms. The molecule has 0 aliphatic carbocycles. The molecule has 2 atom stereocenters. The average molecular weight is 145 g/mol. The van der Waals surface area contributed by atoms with Gasteiger partial charge in [0.2, 0.25) is 0 Å². The van der Waals surface area contributed by atoms with Gasteiger partial charge < -0.3 is 5.11 Å². The monoisotopic (exact) mass is 145 g/mol. The topological polar surface area (TPSA) is 44.0 Å². The van der Waals surface area contributed by atoms with E-state index in [0.29, 0.717) is 5.75 Å². The van der Waals surface area contributed by atoms with E-state index in [0.717, 1.165) is 0 Å². The van der Waals surface area contributed by atoms with Crippen molar-refractivity contribution in [2.24, 2.45) is 0 Å². The summed E-state index contributed by atoms with van der Waals surface area (Å²) in [5.41, 5.74) is 0. The van der Waals surface area contributed by atoms with Crippen molar-refractivity contribution in [2.75, 3.05) is 5.75 Å². The fourth-order valence-electron chi connectivity index (χ4n) is 0.308. The zero-order valence-electron chi connectivity index (χ0n) is 5.66. The first-order valence-electron chi connectivity index (χ1n) is 2.85. The molecule has 0 radical (unpaired) electrons. The molecular weight excluding hydrogens is 134 g/mol. The first-order chi connectivity index (χ1) is 4.18. The third-order valence-electron chi connectivity index (χ3n) is 1.09. The second kappa shape index (κ2) is 4.66. The molecule has 0 bridgehead atoms. The molecule has 0 amide bonds. The fraction of sp³-hybridized carbons (Fsp3) is 0.833. The molecule has 9 heavy (non-hydrogen) atoms. The van der Waals surface area contributed by atoms with E-state index in [-0.39, 0.29) is 11.4 Å². The van der Waals surface area contributed by atoms with Crippen LogP contribution in [0, 0.1) is 11.3 Å². The van der Waals surface area contributed by atoms with Crippen LogP contribution in [0.15, 0.2) is 0 Å². The number of rotatable bonds is 3. The Morgan fingerprint density at radius 3 is 2.56 bits per heavy atom. The predicted molar refractivity (Wildman–Crippen MR) is 39.2 cm³/mol. The minimum atomic E-state index is -0.316. The molecule has 0 aliphatic rings. The Balaban J connectivity index is 3.29. The van der Waals surface area contributed by atoms with Crippen LogP contribution in [0.5, 0.6) is 0 Å². The quantitative estimate of drug-likeness (QED) is 0.644. The standard InChI is InChI=1S/C6H11NOS/c1-5(8)6(2)9-4-3-7/h5-6,8H,4H2,1-2H3. The lowest BCUT2D eigenvalue weighted by molar-refractivity contribution is 0.196. The summed E-state index contributed by atoms with van der Waals surface area (Å²) in [6.07, 6.45) is -0.316. The third kappa shape index (κ3) is 4.31. The molecule has 0 aromatic heterocycles. The number of thioether (sulfide) groups is 1. The van der Waals surface area contributed by atoms with Gasteiger partial charge in [0, 0.05) is 5.25 Å². The van der Waals surface area contributed by atoms with E-state index in [2.05, 4.69) is 0 Å². The molecule has 0 rings (SSSR count). The second-order valence-corrected chi connectivity index (χ2v) is 3.28. The van der Waals surface area contributed by atoms with Crippen LogP contribution in [0.3, 0.4) is 0 Å². The molecular formula is C6H11NOS. The van der Waals surface area contributed by atoms with Crippen molar-refractivity contribution < 1.29 is 5.11 Å². The van der Waals surface area contributed by atoms with Crippen LogP contribution < -0.4 is 0 Å². The highest BCUT2D eigenvalue weighted by molar-refractivity contribution is 8.00. The van der Waals surface area contributed by atoms with Crippen LogP contribution in [0.2, 0.25) is 0 Å². The van der Waals surface area contributed by atoms with Crippen molar-refractivity contribution in [3.8, 4) is 6.07 Å². The van der Waals surface area contributed by atoms with Gasteiger partial charge in [0.25, 0.3) is 0 Å². The maximum atomic E-state index is 8.92. The van der Waals surface area contributed by atoms with E-state index in [1.165, 1.54) is 11.8 Å². The largest absolute Gasteiger partial charge is 0.392 e. The first kappa shape index (κ1) is 8.80. The summed E-state index contributed by atoms with van der Waals surface area (Å²) in [6, 6.07) is 2.01. The molecule has 2 nitrogen and oxygen atoms in total. The third-order valence-corrected chi connectivity index (χ3v) is 2.31. The van der Waals surface area contributed by atoms with E-state index in [1.807, 2.05) is 13.0 Å². The Hall–Kier alpha value is -0.200. The van der Waals surface area contributed by atoms with Crippen LogP contribution in [0.4, 0.5) is 0 Å². The highest BCUT2D eigenvalue weighted by atomic mass is 32.2. The number of nitrogens with zero attached hydrogens (tertiary/aromatic N) is 1. The second-order valence-electron chi connectivity index (χ2n) is 1.91. The van der Waals surface area contributed by atoms with Gasteiger partial charge in [-0.2, -0.15) is 5.26 Å². The van der Waals surface area contributed by atoms with Crippen LogP contribution >= 0.6 is 11.8 Å². The Bertz CT molecular complexity index is 108. The smallest absolute Gasteiger partial charge is 0.0811 e. The van der Waals surface area contributed by atoms with Gasteiger partial charge in [-0.05, 0) is 6.92 Å². The molecule has 0 aromatic carbocycles. The predicted octanol–water partition coefficient (Wildman–Crippen LogP) is 1.01. The zero-order chi connectivity index (χ0) is 7.28. The van der Waals surface area contributed by atoms with Gasteiger partial charge in [-0.1, -0.05) is 6.92 Å². The minimum Gasteiger partial charge on any atom is -0.392 e. The number of hydrogen-bond acceptors (Lipinski definition) is 3. The van der Waals surface area contributed by atoms with Crippen LogP contribution in [-0.4, -0.2) is 22.2 Å². The van der Waals surface area contributed by atoms with Crippen LogP contribution in [0.1, 0.15) is 13.8 Å². The Kier molecular flexibility index (Phi) is 4.55. The van der Waals surface area contributed by atoms with Crippen molar-refractivity contribution in [3.05, 3.63) is 0 Å². The van der Waals surface area contributed by atoms with E-state index in [4.69, 9.17) is 10.4 Å². The number of hydrogen-bond donors (Lipinski definition) is 1. The molecule has 0 aromatic rings. The van der Waals surface area contributed by atoms with Crippen LogP contribution in [0.25, 0.3) is 0 Å². The summed E-state index contributed by atoms with van der Waals surface area (Å²) in [4.78, 5) is 0. The van der Waals surface area contributed by atoms with E-state index < -0.39 is 0 Å². The Labute approximate surface area is 59.9 Å². The van der Waals surface area contributed by atoms with Crippen LogP contribution in [-0.2, 0) is 0 Å². The van der Waals surface area contributed by atoms with E-state index in [9.17, 15) is 0 Å². The number of nitriles is 1. The van der Waals surface area contributed by atoms with Gasteiger partial charge in [0.05, 0.1) is 17.9 Å². The molecule has 0 aliphatic heterocycles. The molecule has 2 unspecified atom stereocenters. The highest BCUT2D eigenvalue weighted by Gasteiger charge is 2.07. The molecule has 0 spiro atoms. The fourth-order valence-corrected chi connectivity index (χ4v) is 0.924. The summed E-state index contributed by atoms with van der Waals surface area (Å²) in [7, 11) is 0. The van der Waals surface area contributed by atoms with Gasteiger partial charge in [-0.3, -0.25) is 0 Å². The first-order valence-corrected chi connectivity index (χ1v) is 3.90. The van der Waals surface area contributed by atoms with Gasteiger partial charge in [0.1, 0.15) is 0 Å². The van der Waals surface area contributed by atoms with Crippen molar-refractivity contribution in [2.45, 2.75) is 25.2 Å². The summed E-state index contributed by atoms with van der Waals surface area (Å²) in [5, 5.41) is 17.2. The summed E-state index contributed by atoms with van der Waals surface area (Å²) < 4.78 is 0. The Morgan fingerprint density at radius 1 is 1.67 bits per heavy atom. The summed E-state index contributed by atoms with van der Waals surface area (Å²) in [6.45, 7) is 3.64. The molecule has 52 valence electrons. The van der Waals surface area contributed by atoms with Crippen molar-refractivity contribution in [1.82, 2.24) is 0 Å². The maximum absolute atomic E-state index is 8.92. The zero-order valence-corrected chi connectivity index (χ0v) is 6.48. The van der Waals surface area contributed by atoms with E-state index in [1.54, 1.807) is 6.92 Å². The lowest BCUT2D eigenvalue weighted by Crippen LogP contribution is -2.15. The summed E-state index contributed by atoms with van der Waals surface area (Å²) >= 11 is 1.47. The lowest BCUT2D eigenvalue weighted by atomic mass is 10.3. The molecule has 0 saturated carbocycles. The number of aliphatic hydroxyl groups is 1. The average Bonchev–Trinajstić information content (AvgIpc) is 1.82. The van der Waals surface area contributed by atoms with Crippen molar-refractivity contribution in [3.63, 3.8) is 0 Å². The van der Waals surface area contributed by atoms with Gasteiger partial charge in [-0.15, -0.1) is 11.8 Å². The minimum absolute atomic E-state index is 0.171. The number of aliphatic hydroxyl groups excluding tert-OH is 1. The summed E-state index contributed by atoms with van der Waals surface area (Å²) in [5.74, 6) is 0.464. The molecule has 0 saturated heterocycles.